The van der Waals surface area contributed by atoms with E-state index in [2.05, 4.69) is 224 Å². The summed E-state index contributed by atoms with van der Waals surface area (Å²) >= 11 is -0.826. The molecule has 0 spiro atoms. The molecule has 0 bridgehead atoms. The number of benzene rings is 6. The molecule has 68 heavy (non-hydrogen) atoms. The molecule has 0 saturated carbocycles. The van der Waals surface area contributed by atoms with Crippen LogP contribution in [0.15, 0.2) is 127 Å². The molecule has 0 amide bonds. The van der Waals surface area contributed by atoms with Gasteiger partial charge in [0.15, 0.2) is 0 Å². The van der Waals surface area contributed by atoms with Crippen molar-refractivity contribution in [3.05, 3.63) is 178 Å². The molecule has 8 aromatic carbocycles. The van der Waals surface area contributed by atoms with Crippen molar-refractivity contribution in [3.63, 3.8) is 0 Å². The quantitative estimate of drug-likeness (QED) is 0.0946. The summed E-state index contributed by atoms with van der Waals surface area (Å²) in [7, 11) is 10.7. The molecule has 1 aliphatic heterocycles. The van der Waals surface area contributed by atoms with Crippen molar-refractivity contribution >= 4 is 58.5 Å². The molecule has 1 heterocycles. The molecule has 0 nitrogen and oxygen atoms in total. The van der Waals surface area contributed by atoms with Crippen molar-refractivity contribution in [3.8, 4) is 33.4 Å². The molecule has 0 aromatic heterocycles. The number of hydrogen-bond acceptors (Lipinski definition) is 0. The first-order valence-corrected chi connectivity index (χ1v) is 32.4. The van der Waals surface area contributed by atoms with E-state index in [0.29, 0.717) is 35.5 Å². The normalized spacial score (nSPS) is 12.6. The predicted octanol–water partition coefficient (Wildman–Crippen LogP) is 19.1. The summed E-state index contributed by atoms with van der Waals surface area (Å²) in [4.78, 5) is 0. The van der Waals surface area contributed by atoms with Crippen molar-refractivity contribution in [1.29, 1.82) is 0 Å². The molecule has 8 aromatic rings. The second-order valence-corrected chi connectivity index (χ2v) is 25.3. The van der Waals surface area contributed by atoms with Crippen LogP contribution in [0, 0.1) is 19.9 Å². The number of rotatable bonds is 10. The standard InChI is InChI=1S/2C26H33.C12H7Si.2ClH.Zr/c2*1-8-18(6)23-11-20-10-9-19(7)26(25(20)15-23)24-13-21(16(2)3)12-22(14-24)17(4)5;1-3-7-11-9(5-1)10-6-2-4-8-12(10)13-11;;;/h2*9-18H,8H2,1-7H3;1-7H;2*1H;/q3*-1;;;+2/p-2. The van der Waals surface area contributed by atoms with Gasteiger partial charge in [0.05, 0.1) is 9.52 Å². The predicted molar refractivity (Wildman–Crippen MR) is 301 cm³/mol. The van der Waals surface area contributed by atoms with Crippen LogP contribution < -0.4 is 10.4 Å². The Bertz CT molecular complexity index is 2670. The third-order valence-electron chi connectivity index (χ3n) is 14.1. The SMILES string of the molecule is CCC(C)c1cc2c(-c3cc(C(C)C)cc(C(C)C)c3)c(C)ccc2[cH-]1.CCC(C)c1cc2c(-c3cc(C(C)C)cc(C(C)C)c3)c(C)ccc2[cH-]1.[Cl][Zr][Cl].[c-]1cccc2c1[Si]c1ccccc1-2. The minimum Gasteiger partial charge on any atom is -0.184 e. The van der Waals surface area contributed by atoms with Crippen molar-refractivity contribution in [2.75, 3.05) is 0 Å². The topological polar surface area (TPSA) is 0 Å². The molecule has 1 aliphatic rings. The minimum absolute atomic E-state index is 0.544. The Morgan fingerprint density at radius 3 is 1.31 bits per heavy atom. The van der Waals surface area contributed by atoms with E-state index in [-0.39, 0.29) is 0 Å². The fourth-order valence-electron chi connectivity index (χ4n) is 9.34. The van der Waals surface area contributed by atoms with Crippen LogP contribution in [0.2, 0.25) is 0 Å². The van der Waals surface area contributed by atoms with Crippen LogP contribution in [0.3, 0.4) is 0 Å². The maximum Gasteiger partial charge on any atom is 0.0920 e. The van der Waals surface area contributed by atoms with Gasteiger partial charge in [0.25, 0.3) is 0 Å². The van der Waals surface area contributed by atoms with Crippen molar-refractivity contribution in [2.45, 2.75) is 145 Å². The summed E-state index contributed by atoms with van der Waals surface area (Å²) < 4.78 is 0. The number of aryl methyl sites for hydroxylation is 2. The summed E-state index contributed by atoms with van der Waals surface area (Å²) in [5.74, 6) is 3.40. The van der Waals surface area contributed by atoms with Crippen molar-refractivity contribution in [2.24, 2.45) is 0 Å². The Morgan fingerprint density at radius 2 is 0.912 bits per heavy atom. The fourth-order valence-corrected chi connectivity index (χ4v) is 10.6. The van der Waals surface area contributed by atoms with E-state index in [9.17, 15) is 0 Å². The summed E-state index contributed by atoms with van der Waals surface area (Å²) in [6.45, 7) is 32.0. The molecule has 4 heteroatoms. The number of fused-ring (bicyclic) bond motifs is 5. The Morgan fingerprint density at radius 1 is 0.515 bits per heavy atom. The zero-order chi connectivity index (χ0) is 49.4. The van der Waals surface area contributed by atoms with Gasteiger partial charge in [-0.2, -0.15) is 41.6 Å². The van der Waals surface area contributed by atoms with Gasteiger partial charge in [0.1, 0.15) is 0 Å². The van der Waals surface area contributed by atoms with Crippen molar-refractivity contribution < 1.29 is 20.8 Å². The molecule has 2 unspecified atom stereocenters. The average molecular weight is 1030 g/mol. The van der Waals surface area contributed by atoms with Crippen LogP contribution in [0.25, 0.3) is 54.9 Å². The third kappa shape index (κ3) is 12.6. The van der Waals surface area contributed by atoms with E-state index in [1.54, 1.807) is 0 Å². The van der Waals surface area contributed by atoms with Gasteiger partial charge in [0, 0.05) is 0 Å². The van der Waals surface area contributed by atoms with Crippen LogP contribution in [0.4, 0.5) is 0 Å². The van der Waals surface area contributed by atoms with Crippen LogP contribution in [-0.2, 0) is 20.8 Å². The summed E-state index contributed by atoms with van der Waals surface area (Å²) in [5, 5.41) is 8.40. The van der Waals surface area contributed by atoms with Crippen molar-refractivity contribution in [1.82, 2.24) is 0 Å². The van der Waals surface area contributed by atoms with Gasteiger partial charge in [-0.15, -0.1) is 74.6 Å². The van der Waals surface area contributed by atoms with E-state index >= 15 is 0 Å². The second kappa shape index (κ2) is 24.4. The van der Waals surface area contributed by atoms with E-state index in [1.165, 1.54) is 123 Å². The molecule has 9 rings (SSSR count). The van der Waals surface area contributed by atoms with Gasteiger partial charge in [0.2, 0.25) is 0 Å². The Hall–Kier alpha value is -3.78. The molecule has 0 saturated heterocycles. The zero-order valence-corrected chi connectivity index (χ0v) is 48.2. The molecular weight excluding hydrogens is 959 g/mol. The van der Waals surface area contributed by atoms with Gasteiger partial charge in [-0.05, 0) is 82.7 Å². The molecule has 0 N–H and O–H groups in total. The maximum absolute atomic E-state index is 4.93. The van der Waals surface area contributed by atoms with Gasteiger partial charge in [-0.25, -0.2) is 0 Å². The van der Waals surface area contributed by atoms with Crippen LogP contribution >= 0.6 is 17.0 Å². The first kappa shape index (κ1) is 53.6. The van der Waals surface area contributed by atoms with E-state index < -0.39 is 20.8 Å². The molecule has 2 atom stereocenters. The van der Waals surface area contributed by atoms with Gasteiger partial charge >= 0.3 is 37.9 Å². The Labute approximate surface area is 432 Å². The molecule has 0 aliphatic carbocycles. The summed E-state index contributed by atoms with van der Waals surface area (Å²) in [5.41, 5.74) is 19.8. The van der Waals surface area contributed by atoms with E-state index in [0.717, 1.165) is 9.52 Å². The number of hydrogen-bond donors (Lipinski definition) is 0. The average Bonchev–Trinajstić information content (AvgIpc) is 4.07. The van der Waals surface area contributed by atoms with Crippen LogP contribution in [0.1, 0.15) is 176 Å². The number of halogens is 2. The van der Waals surface area contributed by atoms with E-state index in [1.807, 2.05) is 6.07 Å². The minimum atomic E-state index is -0.826. The first-order chi connectivity index (χ1) is 32.5. The van der Waals surface area contributed by atoms with Gasteiger partial charge in [-0.1, -0.05) is 190 Å². The monoisotopic (exact) mass is 1030 g/mol. The molecule has 354 valence electrons. The Balaban J connectivity index is 0.000000171. The maximum atomic E-state index is 4.93. The molecule has 0 fully saturated rings. The first-order valence-electron chi connectivity index (χ1n) is 25.0. The van der Waals surface area contributed by atoms with Gasteiger partial charge in [-0.3, -0.25) is 0 Å². The molecule has 2 radical (unpaired) electrons. The van der Waals surface area contributed by atoms with Crippen LogP contribution in [-0.4, -0.2) is 9.52 Å². The third-order valence-corrected chi connectivity index (χ3v) is 15.5. The van der Waals surface area contributed by atoms with Crippen LogP contribution in [0.5, 0.6) is 0 Å². The largest absolute Gasteiger partial charge is 0.184 e. The summed E-state index contributed by atoms with van der Waals surface area (Å²) in [6, 6.07) is 51.4. The van der Waals surface area contributed by atoms with E-state index in [4.69, 9.17) is 17.0 Å². The molecular formula is C64H73Cl2SiZr-3. The smallest absolute Gasteiger partial charge is 0.0920 e. The van der Waals surface area contributed by atoms with Gasteiger partial charge < -0.3 is 0 Å². The Kier molecular flexibility index (Phi) is 19.2. The second-order valence-electron chi connectivity index (χ2n) is 20.3. The zero-order valence-electron chi connectivity index (χ0n) is 43.3. The summed E-state index contributed by atoms with van der Waals surface area (Å²) in [6.07, 6.45) is 2.37. The fraction of sp³-hybridized carbons (Fsp3) is 0.344.